The van der Waals surface area contributed by atoms with Crippen molar-refractivity contribution in [3.63, 3.8) is 0 Å². The Morgan fingerprint density at radius 2 is 1.77 bits per heavy atom. The summed E-state index contributed by atoms with van der Waals surface area (Å²) in [5.41, 5.74) is 2.01. The van der Waals surface area contributed by atoms with Crippen LogP contribution in [0.3, 0.4) is 0 Å². The lowest BCUT2D eigenvalue weighted by molar-refractivity contribution is 0.0460. The van der Waals surface area contributed by atoms with Gasteiger partial charge in [-0.15, -0.1) is 0 Å². The molecule has 0 radical (unpaired) electrons. The number of nitrogens with zero attached hydrogens (tertiary/aromatic N) is 2. The first kappa shape index (κ1) is 19.4. The van der Waals surface area contributed by atoms with Crippen LogP contribution < -0.4 is 4.74 Å². The fourth-order valence-corrected chi connectivity index (χ4v) is 3.28. The molecule has 152 valence electrons. The third-order valence-corrected chi connectivity index (χ3v) is 4.73. The van der Waals surface area contributed by atoms with Gasteiger partial charge in [0.15, 0.2) is 0 Å². The molecule has 0 bridgehead atoms. The van der Waals surface area contributed by atoms with E-state index < -0.39 is 5.97 Å². The van der Waals surface area contributed by atoms with Gasteiger partial charge in [-0.3, -0.25) is 14.5 Å². The van der Waals surface area contributed by atoms with E-state index in [4.69, 9.17) is 14.0 Å². The summed E-state index contributed by atoms with van der Waals surface area (Å²) < 4.78 is 15.5. The Morgan fingerprint density at radius 1 is 1.07 bits per heavy atom. The zero-order chi connectivity index (χ0) is 21.3. The average Bonchev–Trinajstić information content (AvgIpc) is 3.28. The van der Waals surface area contributed by atoms with Crippen molar-refractivity contribution in [3.8, 4) is 5.75 Å². The van der Waals surface area contributed by atoms with Gasteiger partial charge in [-0.05, 0) is 36.8 Å². The molecule has 0 saturated carbocycles. The summed E-state index contributed by atoms with van der Waals surface area (Å²) >= 11 is 0. The zero-order valence-corrected chi connectivity index (χ0v) is 16.4. The molecule has 8 nitrogen and oxygen atoms in total. The number of carbonyl (C=O) groups is 3. The number of aryl methyl sites for hydroxylation is 1. The summed E-state index contributed by atoms with van der Waals surface area (Å²) in [7, 11) is 1.44. The van der Waals surface area contributed by atoms with E-state index in [-0.39, 0.29) is 30.5 Å². The summed E-state index contributed by atoms with van der Waals surface area (Å²) in [5, 5.41) is 3.78. The van der Waals surface area contributed by atoms with Gasteiger partial charge in [0, 0.05) is 6.07 Å². The second-order valence-electron chi connectivity index (χ2n) is 6.78. The maximum absolute atomic E-state index is 12.6. The van der Waals surface area contributed by atoms with Gasteiger partial charge in [-0.1, -0.05) is 23.4 Å². The number of esters is 1. The van der Waals surface area contributed by atoms with Crippen LogP contribution in [0.5, 0.6) is 5.75 Å². The molecular formula is C22H18N2O6. The third-order valence-electron chi connectivity index (χ3n) is 4.73. The van der Waals surface area contributed by atoms with Gasteiger partial charge in [0.2, 0.25) is 0 Å². The van der Waals surface area contributed by atoms with Crippen molar-refractivity contribution < 1.29 is 28.4 Å². The SMILES string of the molecule is COc1ccc(CN2C(=O)c3ccccc3C2=O)cc1C(=O)OCc1cc(C)on1. The molecule has 0 N–H and O–H groups in total. The van der Waals surface area contributed by atoms with Gasteiger partial charge in [-0.25, -0.2) is 4.79 Å². The van der Waals surface area contributed by atoms with Crippen LogP contribution in [-0.2, 0) is 17.9 Å². The van der Waals surface area contributed by atoms with Gasteiger partial charge in [0.05, 0.1) is 24.8 Å². The van der Waals surface area contributed by atoms with Crippen molar-refractivity contribution in [2.24, 2.45) is 0 Å². The second-order valence-corrected chi connectivity index (χ2v) is 6.78. The van der Waals surface area contributed by atoms with Gasteiger partial charge in [0.1, 0.15) is 29.4 Å². The topological polar surface area (TPSA) is 98.9 Å². The Kier molecular flexibility index (Phi) is 5.05. The minimum Gasteiger partial charge on any atom is -0.496 e. The van der Waals surface area contributed by atoms with Gasteiger partial charge in [-0.2, -0.15) is 0 Å². The standard InChI is InChI=1S/C22H18N2O6/c1-13-9-15(23-30-13)12-29-22(27)18-10-14(7-8-19(18)28-2)11-24-20(25)16-5-3-4-6-17(16)21(24)26/h3-10H,11-12H2,1-2H3. The van der Waals surface area contributed by atoms with Crippen molar-refractivity contribution in [2.45, 2.75) is 20.1 Å². The number of carbonyl (C=O) groups excluding carboxylic acids is 3. The second kappa shape index (κ2) is 7.82. The molecule has 0 saturated heterocycles. The lowest BCUT2D eigenvalue weighted by Crippen LogP contribution is -2.29. The van der Waals surface area contributed by atoms with Crippen LogP contribution in [0.25, 0.3) is 0 Å². The number of ether oxygens (including phenoxy) is 2. The molecular weight excluding hydrogens is 388 g/mol. The first-order chi connectivity index (χ1) is 14.5. The molecule has 0 fully saturated rings. The molecule has 3 aromatic rings. The lowest BCUT2D eigenvalue weighted by atomic mass is 10.1. The molecule has 2 amide bonds. The molecule has 0 spiro atoms. The van der Waals surface area contributed by atoms with E-state index in [1.807, 2.05) is 0 Å². The van der Waals surface area contributed by atoms with Crippen LogP contribution in [0, 0.1) is 6.92 Å². The zero-order valence-electron chi connectivity index (χ0n) is 16.4. The number of imide groups is 1. The summed E-state index contributed by atoms with van der Waals surface area (Å²) in [4.78, 5) is 38.9. The smallest absolute Gasteiger partial charge is 0.342 e. The maximum Gasteiger partial charge on any atom is 0.342 e. The van der Waals surface area contributed by atoms with E-state index in [1.165, 1.54) is 7.11 Å². The molecule has 0 atom stereocenters. The highest BCUT2D eigenvalue weighted by Crippen LogP contribution is 2.27. The summed E-state index contributed by atoms with van der Waals surface area (Å²) in [6, 6.07) is 13.2. The van der Waals surface area contributed by atoms with Crippen LogP contribution in [0.15, 0.2) is 53.1 Å². The van der Waals surface area contributed by atoms with Gasteiger partial charge >= 0.3 is 5.97 Å². The average molecular weight is 406 g/mol. The van der Waals surface area contributed by atoms with Gasteiger partial charge in [0.25, 0.3) is 11.8 Å². The Hall–Kier alpha value is -3.94. The Morgan fingerprint density at radius 3 is 2.37 bits per heavy atom. The van der Waals surface area contributed by atoms with E-state index in [2.05, 4.69) is 5.16 Å². The number of hydrogen-bond acceptors (Lipinski definition) is 7. The molecule has 1 aromatic heterocycles. The largest absolute Gasteiger partial charge is 0.496 e. The molecule has 2 heterocycles. The van der Waals surface area contributed by atoms with Crippen LogP contribution in [0.4, 0.5) is 0 Å². The molecule has 4 rings (SSSR count). The fourth-order valence-electron chi connectivity index (χ4n) is 3.28. The van der Waals surface area contributed by atoms with E-state index in [1.54, 1.807) is 55.5 Å². The molecule has 30 heavy (non-hydrogen) atoms. The Balaban J connectivity index is 1.53. The number of fused-ring (bicyclic) bond motifs is 1. The van der Waals surface area contributed by atoms with Crippen molar-refractivity contribution >= 4 is 17.8 Å². The molecule has 1 aliphatic rings. The molecule has 2 aromatic carbocycles. The Bertz CT molecular complexity index is 1120. The first-order valence-corrected chi connectivity index (χ1v) is 9.19. The van der Waals surface area contributed by atoms with Crippen LogP contribution in [-0.4, -0.2) is 35.0 Å². The normalized spacial score (nSPS) is 12.8. The van der Waals surface area contributed by atoms with E-state index in [0.717, 1.165) is 4.90 Å². The number of benzene rings is 2. The third kappa shape index (κ3) is 3.55. The van der Waals surface area contributed by atoms with Crippen molar-refractivity contribution in [2.75, 3.05) is 7.11 Å². The summed E-state index contributed by atoms with van der Waals surface area (Å²) in [6.45, 7) is 1.71. The highest BCUT2D eigenvalue weighted by Gasteiger charge is 2.35. The maximum atomic E-state index is 12.6. The van der Waals surface area contributed by atoms with Crippen molar-refractivity contribution in [3.05, 3.63) is 82.2 Å². The number of amides is 2. The number of aromatic nitrogens is 1. The highest BCUT2D eigenvalue weighted by molar-refractivity contribution is 6.21. The fraction of sp³-hybridized carbons (Fsp3) is 0.182. The highest BCUT2D eigenvalue weighted by atomic mass is 16.5. The number of rotatable bonds is 6. The van der Waals surface area contributed by atoms with Crippen molar-refractivity contribution in [1.82, 2.24) is 10.1 Å². The van der Waals surface area contributed by atoms with Crippen LogP contribution in [0.1, 0.15) is 48.1 Å². The summed E-state index contributed by atoms with van der Waals surface area (Å²) in [5.74, 6) is -0.408. The predicted molar refractivity (Wildman–Crippen MR) is 104 cm³/mol. The monoisotopic (exact) mass is 406 g/mol. The van der Waals surface area contributed by atoms with E-state index in [0.29, 0.717) is 33.9 Å². The lowest BCUT2D eigenvalue weighted by Gasteiger charge is -2.15. The number of methoxy groups -OCH3 is 1. The van der Waals surface area contributed by atoms with Crippen molar-refractivity contribution in [1.29, 1.82) is 0 Å². The molecule has 1 aliphatic heterocycles. The summed E-state index contributed by atoms with van der Waals surface area (Å²) in [6.07, 6.45) is 0. The number of hydrogen-bond donors (Lipinski definition) is 0. The van der Waals surface area contributed by atoms with E-state index >= 15 is 0 Å². The van der Waals surface area contributed by atoms with Gasteiger partial charge < -0.3 is 14.0 Å². The first-order valence-electron chi connectivity index (χ1n) is 9.19. The molecule has 0 aliphatic carbocycles. The minimum atomic E-state index is -0.614. The predicted octanol–water partition coefficient (Wildman–Crippen LogP) is 3.14. The minimum absolute atomic E-state index is 0.0269. The Labute approximate surface area is 172 Å². The molecule has 8 heteroatoms. The van der Waals surface area contributed by atoms with Crippen LogP contribution >= 0.6 is 0 Å². The van der Waals surface area contributed by atoms with Crippen LogP contribution in [0.2, 0.25) is 0 Å². The molecule has 0 unspecified atom stereocenters. The van der Waals surface area contributed by atoms with E-state index in [9.17, 15) is 14.4 Å². The quantitative estimate of drug-likeness (QED) is 0.458.